The molecule has 0 aliphatic heterocycles. The molecular formula is C30H33F3N4O5. The van der Waals surface area contributed by atoms with E-state index in [-0.39, 0.29) is 28.2 Å². The van der Waals surface area contributed by atoms with Gasteiger partial charge in [0.05, 0.1) is 43.6 Å². The van der Waals surface area contributed by atoms with Crippen LogP contribution in [0.3, 0.4) is 0 Å². The zero-order valence-corrected chi connectivity index (χ0v) is 24.5. The molecule has 12 heteroatoms. The first-order valence-electron chi connectivity index (χ1n) is 13.1. The second-order valence-electron chi connectivity index (χ2n) is 10.9. The van der Waals surface area contributed by atoms with E-state index >= 15 is 4.39 Å². The number of aromatic nitrogens is 3. The van der Waals surface area contributed by atoms with Crippen LogP contribution in [0.1, 0.15) is 49.7 Å². The molecule has 4 rings (SSSR count). The van der Waals surface area contributed by atoms with Gasteiger partial charge in [0, 0.05) is 23.5 Å². The van der Waals surface area contributed by atoms with Crippen molar-refractivity contribution in [3.8, 4) is 17.3 Å². The van der Waals surface area contributed by atoms with Crippen molar-refractivity contribution in [2.24, 2.45) is 7.05 Å². The smallest absolute Gasteiger partial charge is 0.408 e. The molecule has 42 heavy (non-hydrogen) atoms. The molecule has 9 nitrogen and oxygen atoms in total. The highest BCUT2D eigenvalue weighted by Crippen LogP contribution is 2.37. The zero-order chi connectivity index (χ0) is 31.1. The van der Waals surface area contributed by atoms with Gasteiger partial charge in [-0.1, -0.05) is 6.58 Å². The maximum Gasteiger partial charge on any atom is 0.408 e. The van der Waals surface area contributed by atoms with Gasteiger partial charge in [0.1, 0.15) is 22.7 Å². The number of allylic oxidation sites excluding steroid dienone is 1. The van der Waals surface area contributed by atoms with Gasteiger partial charge in [-0.3, -0.25) is 0 Å². The highest BCUT2D eigenvalue weighted by molar-refractivity contribution is 5.97. The summed E-state index contributed by atoms with van der Waals surface area (Å²) in [4.78, 5) is 29.2. The molecule has 1 atom stereocenters. The van der Waals surface area contributed by atoms with Gasteiger partial charge in [0.15, 0.2) is 5.82 Å². The van der Waals surface area contributed by atoms with Crippen molar-refractivity contribution in [2.45, 2.75) is 51.8 Å². The Balaban J connectivity index is 1.92. The number of esters is 1. The third-order valence-corrected chi connectivity index (χ3v) is 6.69. The topological polar surface area (TPSA) is 96.6 Å². The standard InChI is InChI=1S/C30H33F3N4O5/c1-9-30(32,33)15-37-22-14-19(16(2)34-28(39)42-29(3,4)5)20(31)10-17(22)12-23(37)26-35-21-11-18(27(38)41-8)13-24(40-7)25(21)36(26)6/h9-14,16H,1,15H2,2-8H3,(H,34,39). The Morgan fingerprint density at radius 1 is 1.14 bits per heavy atom. The molecule has 0 saturated heterocycles. The molecule has 1 amide bonds. The van der Waals surface area contributed by atoms with Crippen LogP contribution in [0.5, 0.6) is 5.75 Å². The number of fused-ring (bicyclic) bond motifs is 2. The number of aryl methyl sites for hydroxylation is 1. The fourth-order valence-electron chi connectivity index (χ4n) is 4.75. The largest absolute Gasteiger partial charge is 0.494 e. The minimum atomic E-state index is -3.32. The predicted molar refractivity (Wildman–Crippen MR) is 152 cm³/mol. The number of ether oxygens (including phenoxy) is 3. The SMILES string of the molecule is C=CC(F)(F)Cn1c(-c2nc3cc(C(=O)OC)cc(OC)c3n2C)cc2cc(F)c(C(C)NC(=O)OC(C)(C)C)cc21. The molecule has 1 N–H and O–H groups in total. The van der Waals surface area contributed by atoms with Crippen LogP contribution >= 0.6 is 0 Å². The summed E-state index contributed by atoms with van der Waals surface area (Å²) in [6.07, 6.45) is -0.205. The number of methoxy groups -OCH3 is 2. The molecule has 4 aromatic rings. The van der Waals surface area contributed by atoms with E-state index in [1.54, 1.807) is 45.4 Å². The van der Waals surface area contributed by atoms with Gasteiger partial charge in [0.2, 0.25) is 0 Å². The molecule has 1 unspecified atom stereocenters. The number of alkyl halides is 2. The summed E-state index contributed by atoms with van der Waals surface area (Å²) in [5.41, 5.74) is 0.930. The maximum atomic E-state index is 15.4. The van der Waals surface area contributed by atoms with Gasteiger partial charge in [-0.2, -0.15) is 0 Å². The van der Waals surface area contributed by atoms with Crippen LogP contribution in [0.2, 0.25) is 0 Å². The average molecular weight is 587 g/mol. The normalized spacial score (nSPS) is 12.8. The summed E-state index contributed by atoms with van der Waals surface area (Å²) in [7, 11) is 4.36. The molecule has 0 aliphatic rings. The van der Waals surface area contributed by atoms with Crippen LogP contribution in [0, 0.1) is 5.82 Å². The van der Waals surface area contributed by atoms with E-state index < -0.39 is 42.0 Å². The van der Waals surface area contributed by atoms with E-state index in [9.17, 15) is 18.4 Å². The first-order chi connectivity index (χ1) is 19.6. The van der Waals surface area contributed by atoms with E-state index in [0.29, 0.717) is 28.2 Å². The summed E-state index contributed by atoms with van der Waals surface area (Å²) in [5, 5.41) is 2.93. The number of halogens is 3. The first-order valence-corrected chi connectivity index (χ1v) is 13.1. The number of carbonyl (C=O) groups excluding carboxylic acids is 2. The van der Waals surface area contributed by atoms with Gasteiger partial charge in [0.25, 0.3) is 5.92 Å². The van der Waals surface area contributed by atoms with Crippen molar-refractivity contribution in [1.29, 1.82) is 0 Å². The molecular weight excluding hydrogens is 553 g/mol. The van der Waals surface area contributed by atoms with E-state index in [1.165, 1.54) is 43.1 Å². The van der Waals surface area contributed by atoms with E-state index in [2.05, 4.69) is 16.9 Å². The lowest BCUT2D eigenvalue weighted by Gasteiger charge is -2.22. The number of rotatable bonds is 8. The van der Waals surface area contributed by atoms with E-state index in [4.69, 9.17) is 14.2 Å². The van der Waals surface area contributed by atoms with Crippen molar-refractivity contribution in [2.75, 3.05) is 14.2 Å². The second-order valence-corrected chi connectivity index (χ2v) is 10.9. The molecule has 2 heterocycles. The molecule has 0 radical (unpaired) electrons. The number of amides is 1. The molecule has 0 fully saturated rings. The lowest BCUT2D eigenvalue weighted by Crippen LogP contribution is -2.34. The Labute approximate surface area is 240 Å². The lowest BCUT2D eigenvalue weighted by atomic mass is 10.1. The fraction of sp³-hybridized carbons (Fsp3) is 0.367. The maximum absolute atomic E-state index is 15.4. The van der Waals surface area contributed by atoms with Crippen LogP contribution in [-0.2, 0) is 23.1 Å². The lowest BCUT2D eigenvalue weighted by molar-refractivity contribution is 0.0380. The summed E-state index contributed by atoms with van der Waals surface area (Å²) in [6, 6.07) is 6.38. The number of hydrogen-bond donors (Lipinski definition) is 1. The van der Waals surface area contributed by atoms with E-state index in [1.807, 2.05) is 0 Å². The van der Waals surface area contributed by atoms with Gasteiger partial charge >= 0.3 is 12.1 Å². The number of nitrogens with one attached hydrogen (secondary N) is 1. The number of hydrogen-bond acceptors (Lipinski definition) is 6. The van der Waals surface area contributed by atoms with Crippen LogP contribution in [0.25, 0.3) is 33.5 Å². The Hall–Kier alpha value is -4.48. The highest BCUT2D eigenvalue weighted by atomic mass is 19.3. The summed E-state index contributed by atoms with van der Waals surface area (Å²) >= 11 is 0. The third kappa shape index (κ3) is 5.93. The molecule has 0 aliphatic carbocycles. The fourth-order valence-corrected chi connectivity index (χ4v) is 4.75. The van der Waals surface area contributed by atoms with Crippen LogP contribution in [0.15, 0.2) is 43.0 Å². The quantitative estimate of drug-likeness (QED) is 0.186. The molecule has 2 aromatic carbocycles. The molecule has 0 saturated carbocycles. The van der Waals surface area contributed by atoms with Gasteiger partial charge in [-0.25, -0.2) is 27.7 Å². The average Bonchev–Trinajstić information content (AvgIpc) is 3.41. The van der Waals surface area contributed by atoms with Crippen molar-refractivity contribution >= 4 is 34.0 Å². The van der Waals surface area contributed by atoms with Crippen molar-refractivity contribution in [3.05, 3.63) is 59.9 Å². The van der Waals surface area contributed by atoms with Crippen LogP contribution < -0.4 is 10.1 Å². The van der Waals surface area contributed by atoms with Gasteiger partial charge in [-0.05, 0) is 64.1 Å². The van der Waals surface area contributed by atoms with Crippen LogP contribution in [-0.4, -0.2) is 51.9 Å². The zero-order valence-electron chi connectivity index (χ0n) is 24.5. The van der Waals surface area contributed by atoms with Crippen LogP contribution in [0.4, 0.5) is 18.0 Å². The minimum Gasteiger partial charge on any atom is -0.494 e. The minimum absolute atomic E-state index is 0.0792. The van der Waals surface area contributed by atoms with Crippen molar-refractivity contribution < 1.29 is 37.0 Å². The summed E-state index contributed by atoms with van der Waals surface area (Å²) in [5.74, 6) is -3.97. The number of alkyl carbamates (subject to hydrolysis) is 1. The number of carbonyl (C=O) groups is 2. The molecule has 2 aromatic heterocycles. The molecule has 0 bridgehead atoms. The van der Waals surface area contributed by atoms with Crippen molar-refractivity contribution in [3.63, 3.8) is 0 Å². The number of benzene rings is 2. The Morgan fingerprint density at radius 3 is 2.43 bits per heavy atom. The first kappa shape index (κ1) is 30.5. The molecule has 224 valence electrons. The van der Waals surface area contributed by atoms with Crippen molar-refractivity contribution in [1.82, 2.24) is 19.4 Å². The Kier molecular flexibility index (Phi) is 8.03. The monoisotopic (exact) mass is 586 g/mol. The highest BCUT2D eigenvalue weighted by Gasteiger charge is 2.30. The second kappa shape index (κ2) is 11.1. The third-order valence-electron chi connectivity index (χ3n) is 6.69. The van der Waals surface area contributed by atoms with Gasteiger partial charge < -0.3 is 28.7 Å². The number of imidazole rings is 1. The summed E-state index contributed by atoms with van der Waals surface area (Å²) < 4.78 is 63.6. The Morgan fingerprint density at radius 2 is 1.83 bits per heavy atom. The Bertz CT molecular complexity index is 1700. The molecule has 0 spiro atoms. The predicted octanol–water partition coefficient (Wildman–Crippen LogP) is 6.54. The number of nitrogens with zero attached hydrogens (tertiary/aromatic N) is 3. The van der Waals surface area contributed by atoms with Gasteiger partial charge in [-0.15, -0.1) is 0 Å². The summed E-state index contributed by atoms with van der Waals surface area (Å²) in [6.45, 7) is 9.11. The van der Waals surface area contributed by atoms with E-state index in [0.717, 1.165) is 0 Å².